The third-order valence-corrected chi connectivity index (χ3v) is 0.335. The van der Waals surface area contributed by atoms with Crippen molar-refractivity contribution in [1.29, 1.82) is 0 Å². The van der Waals surface area contributed by atoms with Gasteiger partial charge in [0.25, 0.3) is 0 Å². The van der Waals surface area contributed by atoms with Gasteiger partial charge in [-0.15, -0.1) is 0 Å². The van der Waals surface area contributed by atoms with E-state index in [4.69, 9.17) is 0 Å². The van der Waals surface area contributed by atoms with Gasteiger partial charge in [-0.25, -0.2) is 0 Å². The highest BCUT2D eigenvalue weighted by Crippen LogP contribution is 1.93. The standard InChI is InChI=1S/C3H3N/c1-3-2-4-3/h1H3. The summed E-state index contributed by atoms with van der Waals surface area (Å²) >= 11 is 0. The minimum Gasteiger partial charge on any atom is -0.199 e. The molecule has 0 N–H and O–H groups in total. The fraction of sp³-hybridized carbons (Fsp3) is 0.333. The molecule has 0 aliphatic carbocycles. The largest absolute Gasteiger partial charge is 0.199 e. The molecule has 0 atom stereocenters. The first-order valence-electron chi connectivity index (χ1n) is 1.20. The molecule has 0 saturated carbocycles. The summed E-state index contributed by atoms with van der Waals surface area (Å²) in [5.41, 5.74) is 1.04. The Morgan fingerprint density at radius 3 is 2.25 bits per heavy atom. The van der Waals surface area contributed by atoms with Crippen LogP contribution in [0.2, 0.25) is 0 Å². The Bertz CT molecular complexity index is 85.5. The van der Waals surface area contributed by atoms with Crippen LogP contribution in [0.25, 0.3) is 0 Å². The molecule has 1 heteroatoms. The second kappa shape index (κ2) is 0.260. The van der Waals surface area contributed by atoms with Crippen molar-refractivity contribution in [2.24, 2.45) is 4.99 Å². The van der Waals surface area contributed by atoms with Crippen molar-refractivity contribution in [2.75, 3.05) is 0 Å². The zero-order chi connectivity index (χ0) is 2.99. The van der Waals surface area contributed by atoms with E-state index < -0.39 is 0 Å². The molecule has 1 nitrogen and oxygen atoms in total. The lowest BCUT2D eigenvalue weighted by molar-refractivity contribution is 1.48. The topological polar surface area (TPSA) is 12.4 Å². The molecule has 1 aliphatic heterocycles. The van der Waals surface area contributed by atoms with Crippen molar-refractivity contribution >= 4 is 5.87 Å². The molecular formula is C3H3N. The Hall–Kier alpha value is -0.550. The molecule has 0 radical (unpaired) electrons. The van der Waals surface area contributed by atoms with E-state index in [1.807, 2.05) is 6.92 Å². The van der Waals surface area contributed by atoms with Crippen molar-refractivity contribution in [3.05, 3.63) is 5.70 Å². The molecule has 1 heterocycles. The Balaban J connectivity index is 2.75. The molecule has 0 bridgehead atoms. The monoisotopic (exact) mass is 53.0 g/mol. The van der Waals surface area contributed by atoms with Crippen LogP contribution < -0.4 is 0 Å². The summed E-state index contributed by atoms with van der Waals surface area (Å²) in [5.74, 6) is 2.64. The minimum absolute atomic E-state index is 1.04. The van der Waals surface area contributed by atoms with Gasteiger partial charge in [-0.1, -0.05) is 0 Å². The first-order valence-corrected chi connectivity index (χ1v) is 1.20. The molecule has 0 spiro atoms. The van der Waals surface area contributed by atoms with E-state index in [1.54, 1.807) is 0 Å². The van der Waals surface area contributed by atoms with Gasteiger partial charge in [0.1, 0.15) is 5.70 Å². The van der Waals surface area contributed by atoms with Crippen LogP contribution in [0.3, 0.4) is 0 Å². The van der Waals surface area contributed by atoms with Crippen LogP contribution in [0.4, 0.5) is 0 Å². The third kappa shape index (κ3) is 0.0489. The van der Waals surface area contributed by atoms with Crippen LogP contribution in [0, 0.1) is 0 Å². The quantitative estimate of drug-likeness (QED) is 0.383. The number of hydrogen-bond donors (Lipinski definition) is 0. The molecule has 0 amide bonds. The van der Waals surface area contributed by atoms with Crippen molar-refractivity contribution in [2.45, 2.75) is 6.92 Å². The first kappa shape index (κ1) is 1.74. The van der Waals surface area contributed by atoms with Gasteiger partial charge in [0.2, 0.25) is 0 Å². The maximum Gasteiger partial charge on any atom is 0.108 e. The summed E-state index contributed by atoms with van der Waals surface area (Å²) in [5, 5.41) is 0. The normalized spacial score (nSPS) is 15.8. The number of allylic oxidation sites excluding steroid dienone is 1. The lowest BCUT2D eigenvalue weighted by atomic mass is 10.7. The van der Waals surface area contributed by atoms with E-state index in [1.165, 1.54) is 0 Å². The van der Waals surface area contributed by atoms with Gasteiger partial charge in [0.15, 0.2) is 0 Å². The summed E-state index contributed by atoms with van der Waals surface area (Å²) in [7, 11) is 0. The number of rotatable bonds is 0. The summed E-state index contributed by atoms with van der Waals surface area (Å²) in [6.07, 6.45) is 0. The van der Waals surface area contributed by atoms with Crippen LogP contribution >= 0.6 is 0 Å². The fourth-order valence-electron chi connectivity index (χ4n) is 0.0559. The number of nitrogens with zero attached hydrogens (tertiary/aromatic N) is 1. The Morgan fingerprint density at radius 1 is 2.00 bits per heavy atom. The molecule has 0 aromatic rings. The summed E-state index contributed by atoms with van der Waals surface area (Å²) < 4.78 is 0. The van der Waals surface area contributed by atoms with Crippen LogP contribution in [0.15, 0.2) is 10.7 Å². The average Bonchev–Trinajstić information content (AvgIpc) is 1.75. The van der Waals surface area contributed by atoms with Gasteiger partial charge >= 0.3 is 0 Å². The summed E-state index contributed by atoms with van der Waals surface area (Å²) in [6.45, 7) is 1.92. The molecule has 1 rings (SSSR count). The zero-order valence-corrected chi connectivity index (χ0v) is 2.45. The molecule has 0 saturated heterocycles. The molecule has 1 aliphatic rings. The van der Waals surface area contributed by atoms with Crippen molar-refractivity contribution < 1.29 is 0 Å². The van der Waals surface area contributed by atoms with Gasteiger partial charge in [0.05, 0.1) is 0 Å². The van der Waals surface area contributed by atoms with Gasteiger partial charge in [0, 0.05) is 5.87 Å². The molecule has 0 aromatic heterocycles. The second-order valence-electron chi connectivity index (χ2n) is 0.809. The van der Waals surface area contributed by atoms with Gasteiger partial charge < -0.3 is 0 Å². The Morgan fingerprint density at radius 2 is 2.25 bits per heavy atom. The lowest BCUT2D eigenvalue weighted by Crippen LogP contribution is -1.29. The molecule has 20 valence electrons. The molecule has 4 heavy (non-hydrogen) atoms. The Labute approximate surface area is 24.7 Å². The van der Waals surface area contributed by atoms with Crippen LogP contribution in [-0.2, 0) is 0 Å². The van der Waals surface area contributed by atoms with Crippen molar-refractivity contribution in [1.82, 2.24) is 0 Å². The van der Waals surface area contributed by atoms with E-state index >= 15 is 0 Å². The van der Waals surface area contributed by atoms with E-state index in [-0.39, 0.29) is 0 Å². The average molecular weight is 53.1 g/mol. The van der Waals surface area contributed by atoms with E-state index in [0.717, 1.165) is 5.70 Å². The van der Waals surface area contributed by atoms with E-state index in [2.05, 4.69) is 10.9 Å². The molecule has 0 aromatic carbocycles. The zero-order valence-electron chi connectivity index (χ0n) is 2.45. The smallest absolute Gasteiger partial charge is 0.108 e. The summed E-state index contributed by atoms with van der Waals surface area (Å²) in [4.78, 5) is 3.57. The highest BCUT2D eigenvalue weighted by molar-refractivity contribution is 5.70. The lowest BCUT2D eigenvalue weighted by Gasteiger charge is -1.43. The van der Waals surface area contributed by atoms with Gasteiger partial charge in [-0.2, -0.15) is 4.99 Å². The van der Waals surface area contributed by atoms with E-state index in [0.29, 0.717) is 0 Å². The third-order valence-electron chi connectivity index (χ3n) is 0.335. The molecule has 0 unspecified atom stereocenters. The minimum atomic E-state index is 1.04. The van der Waals surface area contributed by atoms with E-state index in [9.17, 15) is 0 Å². The first-order chi connectivity index (χ1) is 1.89. The SMILES string of the molecule is CC1=C=N1. The molecular weight excluding hydrogens is 50.0 g/mol. The van der Waals surface area contributed by atoms with Crippen LogP contribution in [0.1, 0.15) is 6.92 Å². The highest BCUT2D eigenvalue weighted by Gasteiger charge is 1.84. The number of aliphatic imine (C=N–C) groups is 1. The maximum atomic E-state index is 3.57. The predicted molar refractivity (Wildman–Crippen MR) is 16.6 cm³/mol. The van der Waals surface area contributed by atoms with Gasteiger partial charge in [-0.3, -0.25) is 0 Å². The van der Waals surface area contributed by atoms with Gasteiger partial charge in [-0.05, 0) is 6.92 Å². The Kier molecular flexibility index (Phi) is 0.113. The van der Waals surface area contributed by atoms with Crippen LogP contribution in [-0.4, -0.2) is 5.87 Å². The summed E-state index contributed by atoms with van der Waals surface area (Å²) in [6, 6.07) is 0. The predicted octanol–water partition coefficient (Wildman–Crippen LogP) is 0.574. The number of hydrogen-bond acceptors (Lipinski definition) is 1. The fourth-order valence-corrected chi connectivity index (χ4v) is 0.0559. The van der Waals surface area contributed by atoms with Crippen molar-refractivity contribution in [3.63, 3.8) is 0 Å². The van der Waals surface area contributed by atoms with Crippen molar-refractivity contribution in [3.8, 4) is 0 Å². The maximum absolute atomic E-state index is 3.57. The second-order valence-corrected chi connectivity index (χ2v) is 0.809. The highest BCUT2D eigenvalue weighted by atomic mass is 14.8. The van der Waals surface area contributed by atoms with Crippen LogP contribution in [0.5, 0.6) is 0 Å². The molecule has 0 fully saturated rings.